The second-order valence-electron chi connectivity index (χ2n) is 4.86. The van der Waals surface area contributed by atoms with E-state index >= 15 is 0 Å². The predicted octanol–water partition coefficient (Wildman–Crippen LogP) is 4.16. The number of nitrogens with zero attached hydrogens (tertiary/aromatic N) is 2. The van der Waals surface area contributed by atoms with Gasteiger partial charge in [-0.25, -0.2) is 4.98 Å². The van der Waals surface area contributed by atoms with E-state index in [1.165, 1.54) is 22.9 Å². The van der Waals surface area contributed by atoms with E-state index in [1.807, 2.05) is 36.7 Å². The number of hydrogen-bond acceptors (Lipinski definition) is 3. The molecule has 1 heterocycles. The van der Waals surface area contributed by atoms with Crippen LogP contribution in [0.15, 0.2) is 35.7 Å². The van der Waals surface area contributed by atoms with Gasteiger partial charge in [-0.1, -0.05) is 17.8 Å². The van der Waals surface area contributed by atoms with E-state index in [4.69, 9.17) is 0 Å². The Balaban J connectivity index is 1.94. The SMILES string of the molecule is Cc1ccc(-n2ccnc2SCCOCC(F)(F)F)cc1C. The summed E-state index contributed by atoms with van der Waals surface area (Å²) in [7, 11) is 0. The van der Waals surface area contributed by atoms with Crippen LogP contribution in [0.2, 0.25) is 0 Å². The van der Waals surface area contributed by atoms with Crippen molar-refractivity contribution in [2.45, 2.75) is 25.2 Å². The predicted molar refractivity (Wildman–Crippen MR) is 80.6 cm³/mol. The van der Waals surface area contributed by atoms with Crippen LogP contribution in [0.1, 0.15) is 11.1 Å². The molecule has 0 spiro atoms. The summed E-state index contributed by atoms with van der Waals surface area (Å²) in [5.74, 6) is 0.415. The van der Waals surface area contributed by atoms with Crippen molar-refractivity contribution in [3.8, 4) is 5.69 Å². The molecule has 0 aliphatic carbocycles. The van der Waals surface area contributed by atoms with E-state index in [9.17, 15) is 13.2 Å². The number of hydrogen-bond donors (Lipinski definition) is 0. The van der Waals surface area contributed by atoms with E-state index in [-0.39, 0.29) is 6.61 Å². The highest BCUT2D eigenvalue weighted by Gasteiger charge is 2.27. The number of halogens is 3. The molecule has 0 aliphatic heterocycles. The average Bonchev–Trinajstić information content (AvgIpc) is 2.88. The third kappa shape index (κ3) is 4.78. The molecule has 0 N–H and O–H groups in total. The monoisotopic (exact) mass is 330 g/mol. The quantitative estimate of drug-likeness (QED) is 0.588. The maximum Gasteiger partial charge on any atom is 0.411 e. The van der Waals surface area contributed by atoms with Crippen molar-refractivity contribution in [2.75, 3.05) is 19.0 Å². The zero-order valence-corrected chi connectivity index (χ0v) is 13.2. The van der Waals surface area contributed by atoms with Crippen molar-refractivity contribution in [2.24, 2.45) is 0 Å². The lowest BCUT2D eigenvalue weighted by Gasteiger charge is -2.10. The van der Waals surface area contributed by atoms with Crippen molar-refractivity contribution in [3.05, 3.63) is 41.7 Å². The highest BCUT2D eigenvalue weighted by Crippen LogP contribution is 2.22. The van der Waals surface area contributed by atoms with E-state index in [1.54, 1.807) is 6.20 Å². The highest BCUT2D eigenvalue weighted by molar-refractivity contribution is 7.99. The number of imidazole rings is 1. The summed E-state index contributed by atoms with van der Waals surface area (Å²) < 4.78 is 42.4. The van der Waals surface area contributed by atoms with Crippen LogP contribution >= 0.6 is 11.8 Å². The van der Waals surface area contributed by atoms with Crippen LogP contribution in [0.5, 0.6) is 0 Å². The maximum atomic E-state index is 12.0. The molecule has 3 nitrogen and oxygen atoms in total. The van der Waals surface area contributed by atoms with Gasteiger partial charge in [0.25, 0.3) is 0 Å². The van der Waals surface area contributed by atoms with Gasteiger partial charge in [0.2, 0.25) is 0 Å². The third-order valence-corrected chi connectivity index (χ3v) is 4.03. The lowest BCUT2D eigenvalue weighted by molar-refractivity contribution is -0.172. The molecule has 0 bridgehead atoms. The van der Waals surface area contributed by atoms with Gasteiger partial charge in [-0.2, -0.15) is 13.2 Å². The van der Waals surface area contributed by atoms with Gasteiger partial charge in [0.1, 0.15) is 6.61 Å². The second-order valence-corrected chi connectivity index (χ2v) is 5.93. The number of aryl methyl sites for hydroxylation is 2. The zero-order chi connectivity index (χ0) is 16.2. The molecule has 0 atom stereocenters. The largest absolute Gasteiger partial charge is 0.411 e. The number of ether oxygens (including phenoxy) is 1. The summed E-state index contributed by atoms with van der Waals surface area (Å²) in [5, 5.41) is 0.735. The summed E-state index contributed by atoms with van der Waals surface area (Å²) in [4.78, 5) is 4.24. The molecule has 2 rings (SSSR count). The Hall–Kier alpha value is -1.47. The van der Waals surface area contributed by atoms with E-state index in [2.05, 4.69) is 15.8 Å². The molecule has 0 aliphatic rings. The van der Waals surface area contributed by atoms with E-state index < -0.39 is 12.8 Å². The Morgan fingerprint density at radius 1 is 1.23 bits per heavy atom. The second kappa shape index (κ2) is 7.19. The first-order chi connectivity index (χ1) is 10.4. The molecule has 0 fully saturated rings. The van der Waals surface area contributed by atoms with Crippen LogP contribution in [0, 0.1) is 13.8 Å². The third-order valence-electron chi connectivity index (χ3n) is 3.10. The van der Waals surface area contributed by atoms with Crippen molar-refractivity contribution in [3.63, 3.8) is 0 Å². The Morgan fingerprint density at radius 2 is 2.00 bits per heavy atom. The Labute approximate surface area is 131 Å². The van der Waals surface area contributed by atoms with Gasteiger partial charge in [-0.3, -0.25) is 4.57 Å². The van der Waals surface area contributed by atoms with Crippen LogP contribution in [0.4, 0.5) is 13.2 Å². The molecule has 1 aromatic heterocycles. The normalized spacial score (nSPS) is 11.9. The van der Waals surface area contributed by atoms with Gasteiger partial charge >= 0.3 is 6.18 Å². The van der Waals surface area contributed by atoms with Gasteiger partial charge in [-0.15, -0.1) is 0 Å². The van der Waals surface area contributed by atoms with E-state index in [0.717, 1.165) is 10.8 Å². The lowest BCUT2D eigenvalue weighted by atomic mass is 10.1. The number of alkyl halides is 3. The highest BCUT2D eigenvalue weighted by atomic mass is 32.2. The van der Waals surface area contributed by atoms with Gasteiger partial charge in [0.05, 0.1) is 6.61 Å². The molecule has 0 saturated heterocycles. The molecule has 22 heavy (non-hydrogen) atoms. The van der Waals surface area contributed by atoms with Crippen molar-refractivity contribution in [1.82, 2.24) is 9.55 Å². The summed E-state index contributed by atoms with van der Waals surface area (Å²) in [6, 6.07) is 6.08. The van der Waals surface area contributed by atoms with Crippen molar-refractivity contribution >= 4 is 11.8 Å². The van der Waals surface area contributed by atoms with E-state index in [0.29, 0.717) is 5.75 Å². The smallest absolute Gasteiger partial charge is 0.371 e. The minimum absolute atomic E-state index is 0.0317. The van der Waals surface area contributed by atoms with Gasteiger partial charge in [0.15, 0.2) is 5.16 Å². The molecular weight excluding hydrogens is 313 g/mol. The lowest BCUT2D eigenvalue weighted by Crippen LogP contribution is -2.17. The summed E-state index contributed by atoms with van der Waals surface area (Å²) >= 11 is 1.37. The molecule has 1 aromatic carbocycles. The minimum atomic E-state index is -4.28. The summed E-state index contributed by atoms with van der Waals surface area (Å²) in [6.07, 6.45) is -0.764. The molecule has 0 amide bonds. The Morgan fingerprint density at radius 3 is 2.68 bits per heavy atom. The molecule has 2 aromatic rings. The fourth-order valence-corrected chi connectivity index (χ4v) is 2.67. The number of aromatic nitrogens is 2. The summed E-state index contributed by atoms with van der Waals surface area (Å²) in [5.41, 5.74) is 3.37. The van der Waals surface area contributed by atoms with Crippen molar-refractivity contribution in [1.29, 1.82) is 0 Å². The van der Waals surface area contributed by atoms with Crippen LogP contribution in [0.3, 0.4) is 0 Å². The Kier molecular flexibility index (Phi) is 5.52. The van der Waals surface area contributed by atoms with Crippen LogP contribution in [-0.2, 0) is 4.74 Å². The molecule has 7 heteroatoms. The van der Waals surface area contributed by atoms with Gasteiger partial charge in [-0.05, 0) is 37.1 Å². The van der Waals surface area contributed by atoms with Crippen molar-refractivity contribution < 1.29 is 17.9 Å². The average molecular weight is 330 g/mol. The first-order valence-corrected chi connectivity index (χ1v) is 7.73. The Bertz CT molecular complexity index is 625. The number of thioether (sulfide) groups is 1. The van der Waals surface area contributed by atoms with Crippen LogP contribution in [-0.4, -0.2) is 34.7 Å². The standard InChI is InChI=1S/C15H17F3N2OS/c1-11-3-4-13(9-12(11)2)20-6-5-19-14(20)22-8-7-21-10-15(16,17)18/h3-6,9H,7-8,10H2,1-2H3. The maximum absolute atomic E-state index is 12.0. The molecule has 0 unspecified atom stereocenters. The zero-order valence-electron chi connectivity index (χ0n) is 12.4. The number of rotatable bonds is 6. The fraction of sp³-hybridized carbons (Fsp3) is 0.400. The van der Waals surface area contributed by atoms with Crippen LogP contribution in [0.25, 0.3) is 5.69 Å². The van der Waals surface area contributed by atoms with Gasteiger partial charge < -0.3 is 4.74 Å². The molecule has 0 saturated carbocycles. The van der Waals surface area contributed by atoms with Crippen LogP contribution < -0.4 is 0 Å². The fourth-order valence-electron chi connectivity index (χ4n) is 1.85. The van der Waals surface area contributed by atoms with Gasteiger partial charge in [0, 0.05) is 23.8 Å². The summed E-state index contributed by atoms with van der Waals surface area (Å²) in [6.45, 7) is 2.90. The molecule has 0 radical (unpaired) electrons. The number of benzene rings is 1. The first-order valence-electron chi connectivity index (χ1n) is 6.75. The molecule has 120 valence electrons. The minimum Gasteiger partial charge on any atom is -0.371 e. The first kappa shape index (κ1) is 16.9. The topological polar surface area (TPSA) is 27.1 Å². The molecular formula is C15H17F3N2OS.